The van der Waals surface area contributed by atoms with E-state index < -0.39 is 40.8 Å². The van der Waals surface area contributed by atoms with Gasteiger partial charge in [0.1, 0.15) is 29.7 Å². The normalized spacial score (nSPS) is 19.8. The summed E-state index contributed by atoms with van der Waals surface area (Å²) in [5.74, 6) is -1.75. The molecule has 1 unspecified atom stereocenters. The van der Waals surface area contributed by atoms with Crippen LogP contribution in [0, 0.1) is 11.3 Å². The topological polar surface area (TPSA) is 184 Å². The standard InChI is InChI=1S/C47H58N8O7/c1-8-54-39-11-10-31-22-35(39)36(41(54)37-24-48-14-12-32(37)25-61-7)23-46(4,5)27-62-28-47(26-56)13-9-17-55(52-47)44(59)38(20-30-18-33(31)21-34(57)19-30)51-43(58)40(29(2)3)53(6)45(60)42-49-15-16-50-42/h10-12,14-16,18-19,21-22,24,26,29,38,40,52,57H,8-9,13,17,20,23,25,27-28H2,1-7H3,(H,49,50)(H,51,58)/t38-,40-,47?/m0/s1. The van der Waals surface area contributed by atoms with Gasteiger partial charge in [-0.25, -0.2) is 10.4 Å². The van der Waals surface area contributed by atoms with Crippen LogP contribution in [0.3, 0.4) is 0 Å². The van der Waals surface area contributed by atoms with E-state index in [9.17, 15) is 24.3 Å². The number of ether oxygens (including phenoxy) is 2. The van der Waals surface area contributed by atoms with Gasteiger partial charge in [-0.3, -0.25) is 24.4 Å². The van der Waals surface area contributed by atoms with Crippen LogP contribution >= 0.6 is 0 Å². The van der Waals surface area contributed by atoms with Gasteiger partial charge in [-0.1, -0.05) is 39.8 Å². The van der Waals surface area contributed by atoms with E-state index in [1.807, 2.05) is 38.2 Å². The highest BCUT2D eigenvalue weighted by Crippen LogP contribution is 2.41. The van der Waals surface area contributed by atoms with Crippen molar-refractivity contribution in [2.24, 2.45) is 11.3 Å². The molecule has 3 aromatic heterocycles. The van der Waals surface area contributed by atoms with E-state index in [0.29, 0.717) is 44.6 Å². The number of carbonyl (C=O) groups is 4. The Balaban J connectivity index is 1.36. The summed E-state index contributed by atoms with van der Waals surface area (Å²) in [6.07, 6.45) is 9.03. The molecule has 2 aliphatic rings. The minimum atomic E-state index is -1.21. The van der Waals surface area contributed by atoms with Gasteiger partial charge in [-0.15, -0.1) is 0 Å². The second-order valence-electron chi connectivity index (χ2n) is 17.8. The Bertz CT molecular complexity index is 2440. The number of benzene rings is 2. The molecular weight excluding hydrogens is 789 g/mol. The maximum atomic E-state index is 14.7. The smallest absolute Gasteiger partial charge is 0.290 e. The lowest BCUT2D eigenvalue weighted by Crippen LogP contribution is -2.66. The Morgan fingerprint density at radius 2 is 1.94 bits per heavy atom. The number of carbonyl (C=O) groups excluding carboxylic acids is 4. The van der Waals surface area contributed by atoms with Crippen molar-refractivity contribution in [2.45, 2.75) is 91.1 Å². The first kappa shape index (κ1) is 44.2. The average molecular weight is 847 g/mol. The van der Waals surface area contributed by atoms with Gasteiger partial charge < -0.3 is 39.1 Å². The first-order valence-corrected chi connectivity index (χ1v) is 21.3. The molecule has 15 heteroatoms. The molecule has 6 bridgehead atoms. The van der Waals surface area contributed by atoms with Crippen LogP contribution in [0.5, 0.6) is 5.75 Å². The number of aldehydes is 1. The van der Waals surface area contributed by atoms with Gasteiger partial charge in [-0.05, 0) is 95.7 Å². The van der Waals surface area contributed by atoms with Gasteiger partial charge in [0.2, 0.25) is 5.91 Å². The Morgan fingerprint density at radius 1 is 1.13 bits per heavy atom. The molecule has 1 fully saturated rings. The van der Waals surface area contributed by atoms with Crippen molar-refractivity contribution >= 4 is 34.9 Å². The lowest BCUT2D eigenvalue weighted by molar-refractivity contribution is -0.147. The number of methoxy groups -OCH3 is 1. The molecule has 1 saturated heterocycles. The number of fused-ring (bicyclic) bond motifs is 6. The van der Waals surface area contributed by atoms with E-state index in [0.717, 1.165) is 50.7 Å². The molecule has 3 amide bonds. The highest BCUT2D eigenvalue weighted by molar-refractivity contribution is 5.97. The number of hydrazine groups is 1. The molecule has 0 saturated carbocycles. The Kier molecular flexibility index (Phi) is 13.0. The van der Waals surface area contributed by atoms with Gasteiger partial charge in [0.05, 0.1) is 25.5 Å². The van der Waals surface area contributed by atoms with E-state index in [1.165, 1.54) is 29.4 Å². The number of hydrogen-bond donors (Lipinski definition) is 4. The summed E-state index contributed by atoms with van der Waals surface area (Å²) in [7, 11) is 3.21. The molecule has 2 aliphatic heterocycles. The minimum absolute atomic E-state index is 0.00324. The van der Waals surface area contributed by atoms with Crippen molar-refractivity contribution in [3.05, 3.63) is 89.8 Å². The number of nitrogens with zero attached hydrogens (tertiary/aromatic N) is 5. The van der Waals surface area contributed by atoms with Crippen molar-refractivity contribution in [2.75, 3.05) is 33.9 Å². The number of aryl methyl sites for hydroxylation is 1. The van der Waals surface area contributed by atoms with Crippen LogP contribution < -0.4 is 10.7 Å². The number of rotatable bonds is 10. The lowest BCUT2D eigenvalue weighted by atomic mass is 9.84. The second kappa shape index (κ2) is 18.2. The van der Waals surface area contributed by atoms with Crippen LogP contribution in [-0.4, -0.2) is 110 Å². The largest absolute Gasteiger partial charge is 0.508 e. The zero-order valence-electron chi connectivity index (χ0n) is 36.7. The van der Waals surface area contributed by atoms with E-state index >= 15 is 0 Å². The van der Waals surface area contributed by atoms with Gasteiger partial charge in [0.25, 0.3) is 11.8 Å². The summed E-state index contributed by atoms with van der Waals surface area (Å²) in [6, 6.07) is 11.4. The van der Waals surface area contributed by atoms with Crippen LogP contribution in [0.1, 0.15) is 74.8 Å². The van der Waals surface area contributed by atoms with Crippen LogP contribution in [0.15, 0.2) is 67.3 Å². The number of imidazole rings is 1. The Hall–Kier alpha value is -5.90. The third kappa shape index (κ3) is 9.01. The zero-order chi connectivity index (χ0) is 44.3. The number of phenolic OH excluding ortho intramolecular Hbond substituents is 1. The number of aromatic amines is 1. The number of likely N-dealkylation sites (N-methyl/N-ethyl adjacent to an activating group) is 1. The van der Waals surface area contributed by atoms with Crippen LogP contribution in [-0.2, 0) is 49.9 Å². The van der Waals surface area contributed by atoms with Crippen LogP contribution in [0.4, 0.5) is 0 Å². The molecule has 4 N–H and O–H groups in total. The number of pyridine rings is 1. The second-order valence-corrected chi connectivity index (χ2v) is 17.8. The number of H-pyrrole nitrogens is 1. The molecule has 5 heterocycles. The maximum absolute atomic E-state index is 14.7. The summed E-state index contributed by atoms with van der Waals surface area (Å²) in [5.41, 5.74) is 8.92. The summed E-state index contributed by atoms with van der Waals surface area (Å²) in [5, 5.41) is 16.7. The molecule has 2 aromatic carbocycles. The Morgan fingerprint density at radius 3 is 2.65 bits per heavy atom. The number of amides is 3. The molecular formula is C47H58N8O7. The molecule has 62 heavy (non-hydrogen) atoms. The van der Waals surface area contributed by atoms with Crippen molar-refractivity contribution in [1.29, 1.82) is 0 Å². The first-order chi connectivity index (χ1) is 29.7. The first-order valence-electron chi connectivity index (χ1n) is 21.3. The highest BCUT2D eigenvalue weighted by Gasteiger charge is 2.41. The lowest BCUT2D eigenvalue weighted by Gasteiger charge is -2.42. The van der Waals surface area contributed by atoms with Gasteiger partial charge in [0, 0.05) is 74.9 Å². The number of aromatic nitrogens is 4. The third-order valence-electron chi connectivity index (χ3n) is 12.0. The van der Waals surface area contributed by atoms with E-state index in [1.54, 1.807) is 25.4 Å². The number of nitrogens with one attached hydrogen (secondary N) is 3. The molecule has 15 nitrogen and oxygen atoms in total. The van der Waals surface area contributed by atoms with Gasteiger partial charge in [-0.2, -0.15) is 0 Å². The maximum Gasteiger partial charge on any atom is 0.290 e. The number of phenols is 1. The van der Waals surface area contributed by atoms with Crippen molar-refractivity contribution in [3.8, 4) is 28.1 Å². The van der Waals surface area contributed by atoms with E-state index in [-0.39, 0.29) is 37.1 Å². The zero-order valence-corrected chi connectivity index (χ0v) is 36.7. The molecule has 0 spiro atoms. The summed E-state index contributed by atoms with van der Waals surface area (Å²) < 4.78 is 14.4. The fraction of sp³-hybridized carbons (Fsp3) is 0.447. The monoisotopic (exact) mass is 846 g/mol. The fourth-order valence-corrected chi connectivity index (χ4v) is 9.14. The number of aromatic hydroxyl groups is 1. The van der Waals surface area contributed by atoms with Gasteiger partial charge in [0.15, 0.2) is 5.82 Å². The van der Waals surface area contributed by atoms with Crippen molar-refractivity contribution in [1.82, 2.24) is 40.2 Å². The molecule has 3 atom stereocenters. The van der Waals surface area contributed by atoms with E-state index in [4.69, 9.17) is 9.47 Å². The SMILES string of the molecule is CCn1c(-c2cnccc2COC)c2c3cc(ccc31)-c1cc(O)cc(c1)C[C@H](NC(=O)[C@H](C(C)C)N(C)C(=O)c1ncc[nH]1)C(=O)N1CCCC(C=O)(COCC(C)(C)C2)N1. The molecule has 328 valence electrons. The summed E-state index contributed by atoms with van der Waals surface area (Å²) in [6.45, 7) is 11.8. The average Bonchev–Trinajstić information content (AvgIpc) is 3.89. The van der Waals surface area contributed by atoms with E-state index in [2.05, 4.69) is 63.2 Å². The number of hydrogen-bond acceptors (Lipinski definition) is 10. The minimum Gasteiger partial charge on any atom is -0.508 e. The fourth-order valence-electron chi connectivity index (χ4n) is 9.14. The molecule has 7 rings (SSSR count). The van der Waals surface area contributed by atoms with Crippen LogP contribution in [0.2, 0.25) is 0 Å². The molecule has 0 aliphatic carbocycles. The van der Waals surface area contributed by atoms with Crippen molar-refractivity contribution in [3.63, 3.8) is 0 Å². The molecule has 0 radical (unpaired) electrons. The van der Waals surface area contributed by atoms with Gasteiger partial charge >= 0.3 is 0 Å². The van der Waals surface area contributed by atoms with Crippen LogP contribution in [0.25, 0.3) is 33.3 Å². The molecule has 5 aromatic rings. The highest BCUT2D eigenvalue weighted by atomic mass is 16.5. The quantitative estimate of drug-likeness (QED) is 0.132. The summed E-state index contributed by atoms with van der Waals surface area (Å²) >= 11 is 0. The third-order valence-corrected chi connectivity index (χ3v) is 12.0. The predicted molar refractivity (Wildman–Crippen MR) is 235 cm³/mol. The predicted octanol–water partition coefficient (Wildman–Crippen LogP) is 5.45. The Labute approximate surface area is 362 Å². The summed E-state index contributed by atoms with van der Waals surface area (Å²) in [4.78, 5) is 68.2. The van der Waals surface area contributed by atoms with Crippen molar-refractivity contribution < 1.29 is 33.8 Å².